The fraction of sp³-hybridized carbons (Fsp3) is 0.725. The predicted octanol–water partition coefficient (Wildman–Crippen LogP) is 8.26. The van der Waals surface area contributed by atoms with Gasteiger partial charge in [0, 0.05) is 23.5 Å². The van der Waals surface area contributed by atoms with Crippen LogP contribution in [0.15, 0.2) is 29.0 Å². The number of Topliss-reactive ketones (excluding diaryl/α,β-unsaturated/α-hetero) is 1. The number of aliphatic hydroxyl groups is 1. The highest BCUT2D eigenvalue weighted by molar-refractivity contribution is 7.99. The average Bonchev–Trinajstić information content (AvgIpc) is 3.84. The van der Waals surface area contributed by atoms with E-state index in [0.29, 0.717) is 31.3 Å². The molecule has 3 aliphatic carbocycles. The molecule has 304 valence electrons. The van der Waals surface area contributed by atoms with Gasteiger partial charge in [-0.2, -0.15) is 23.1 Å². The minimum Gasteiger partial charge on any atom is -0.481 e. The van der Waals surface area contributed by atoms with Crippen molar-refractivity contribution < 1.29 is 43.7 Å². The highest BCUT2D eigenvalue weighted by atomic mass is 32.2. The molecule has 2 unspecified atom stereocenters. The van der Waals surface area contributed by atoms with Crippen molar-refractivity contribution in [2.45, 2.75) is 112 Å². The van der Waals surface area contributed by atoms with Crippen LogP contribution in [-0.4, -0.2) is 76.9 Å². The molecule has 3 fully saturated rings. The molecule has 2 heterocycles. The summed E-state index contributed by atoms with van der Waals surface area (Å²) < 4.78 is 9.57. The molecule has 0 spiro atoms. The van der Waals surface area contributed by atoms with Crippen molar-refractivity contribution in [2.75, 3.05) is 37.9 Å². The molecule has 1 aromatic rings. The van der Waals surface area contributed by atoms with Crippen LogP contribution >= 0.6 is 35.7 Å². The lowest BCUT2D eigenvalue weighted by atomic mass is 9.86. The zero-order valence-corrected chi connectivity index (χ0v) is 35.2. The lowest BCUT2D eigenvalue weighted by Crippen LogP contribution is -2.23. The monoisotopic (exact) mass is 801 g/mol. The van der Waals surface area contributed by atoms with Crippen molar-refractivity contribution in [3.63, 3.8) is 0 Å². The van der Waals surface area contributed by atoms with E-state index < -0.39 is 17.9 Å². The van der Waals surface area contributed by atoms with Gasteiger partial charge < -0.3 is 25.4 Å². The van der Waals surface area contributed by atoms with Crippen LogP contribution in [0.4, 0.5) is 0 Å². The molecule has 4 aliphatic rings. The molecule has 1 saturated heterocycles. The summed E-state index contributed by atoms with van der Waals surface area (Å²) in [5.41, 5.74) is 5.91. The van der Waals surface area contributed by atoms with E-state index in [1.54, 1.807) is 25.3 Å². The Bertz CT molecular complexity index is 1150. The number of carbonyl (C=O) groups is 5. The molecule has 1 aromatic heterocycles. The first-order chi connectivity index (χ1) is 25.4. The van der Waals surface area contributed by atoms with Gasteiger partial charge in [0.05, 0.1) is 25.0 Å². The van der Waals surface area contributed by atoms with Gasteiger partial charge in [-0.25, -0.2) is 0 Å². The zero-order valence-electron chi connectivity index (χ0n) is 32.7. The third-order valence-corrected chi connectivity index (χ3v) is 11.4. The van der Waals surface area contributed by atoms with Crippen LogP contribution in [0.25, 0.3) is 0 Å². The van der Waals surface area contributed by atoms with E-state index in [-0.39, 0.29) is 34.6 Å². The number of carboxylic acid groups (broad SMARTS) is 1. The van der Waals surface area contributed by atoms with E-state index in [2.05, 4.69) is 31.7 Å². The number of aliphatic carboxylic acids is 1. The number of ketones is 1. The Kier molecular flexibility index (Phi) is 30.8. The molecular weight excluding hydrogens is 735 g/mol. The third kappa shape index (κ3) is 24.0. The number of thiol groups is 1. The Morgan fingerprint density at radius 3 is 1.77 bits per heavy atom. The number of thiophene rings is 1. The summed E-state index contributed by atoms with van der Waals surface area (Å²) in [6, 6.07) is 1.71. The number of carbonyl (C=O) groups excluding carboxylic acids is 4. The maximum atomic E-state index is 11.6. The van der Waals surface area contributed by atoms with Gasteiger partial charge in [-0.3, -0.25) is 24.0 Å². The molecule has 53 heavy (non-hydrogen) atoms. The summed E-state index contributed by atoms with van der Waals surface area (Å²) in [6.07, 6.45) is 17.6. The zero-order chi connectivity index (χ0) is 40.0. The first-order valence-corrected chi connectivity index (χ1v) is 21.8. The molecule has 2 saturated carbocycles. The SMILES string of the molecule is CCCC(C)C(=O)S.CCOC(=O)C(C)C(=O)c1ccsc1.CCOC(=O)C1CCC1.NCC1CCC1.O=C(O)C1CCSCC1.OCC1CC=CC1. The Balaban J connectivity index is 0.000000626. The van der Waals surface area contributed by atoms with E-state index in [0.717, 1.165) is 75.3 Å². The topological polar surface area (TPSA) is 170 Å². The Morgan fingerprint density at radius 1 is 0.887 bits per heavy atom. The van der Waals surface area contributed by atoms with Crippen LogP contribution < -0.4 is 5.73 Å². The molecule has 5 rings (SSSR count). The Morgan fingerprint density at radius 2 is 1.47 bits per heavy atom. The average molecular weight is 802 g/mol. The highest BCUT2D eigenvalue weighted by Gasteiger charge is 2.26. The van der Waals surface area contributed by atoms with Crippen LogP contribution in [0, 0.1) is 35.5 Å². The second-order valence-electron chi connectivity index (χ2n) is 13.5. The van der Waals surface area contributed by atoms with E-state index in [1.165, 1.54) is 37.0 Å². The summed E-state index contributed by atoms with van der Waals surface area (Å²) in [5, 5.41) is 20.6. The summed E-state index contributed by atoms with van der Waals surface area (Å²) in [4.78, 5) is 54.4. The largest absolute Gasteiger partial charge is 0.481 e. The van der Waals surface area contributed by atoms with Crippen LogP contribution in [0.2, 0.25) is 0 Å². The van der Waals surface area contributed by atoms with Crippen LogP contribution in [0.1, 0.15) is 122 Å². The first kappa shape index (κ1) is 50.8. The van der Waals surface area contributed by atoms with Crippen molar-refractivity contribution in [1.82, 2.24) is 0 Å². The summed E-state index contributed by atoms with van der Waals surface area (Å²) in [7, 11) is 0. The third-order valence-electron chi connectivity index (χ3n) is 9.20. The number of aliphatic hydroxyl groups excluding tert-OH is 1. The molecule has 10 nitrogen and oxygen atoms in total. The second kappa shape index (κ2) is 32.1. The quantitative estimate of drug-likeness (QED) is 0.0528. The molecule has 4 N–H and O–H groups in total. The number of carboxylic acids is 1. The van der Waals surface area contributed by atoms with Crippen LogP contribution in [-0.2, 0) is 28.7 Å². The summed E-state index contributed by atoms with van der Waals surface area (Å²) >= 11 is 6.98. The standard InChI is InChI=1S/C10H12O3S.C7H12O2.C6H10O2S.C6H12OS.C6H10O.C5H11N/c1-3-13-10(12)7(2)9(11)8-4-5-14-6-8;1-2-9-7(8)6-4-3-5-6;7-6(8)5-1-3-9-4-2-5;1-3-4-5(2)6(7)8;7-5-6-3-1-2-4-6;6-4-5-2-1-3-5/h4-7H,3H2,1-2H3;6H,2-5H2,1H3;5H,1-4H2,(H,7,8);5H,3-4H2,1-2H3,(H,7,8);1-2,6-7H,3-5H2;5H,1-4,6H2. The van der Waals surface area contributed by atoms with Gasteiger partial charge in [-0.15, -0.1) is 12.6 Å². The van der Waals surface area contributed by atoms with E-state index in [9.17, 15) is 24.0 Å². The molecule has 13 heteroatoms. The van der Waals surface area contributed by atoms with Gasteiger partial charge in [0.2, 0.25) is 0 Å². The number of thioether (sulfide) groups is 1. The van der Waals surface area contributed by atoms with Gasteiger partial charge in [-0.1, -0.05) is 45.3 Å². The number of rotatable bonds is 12. The van der Waals surface area contributed by atoms with Gasteiger partial charge in [0.25, 0.3) is 0 Å². The number of nitrogens with two attached hydrogens (primary N) is 1. The molecule has 0 aromatic carbocycles. The lowest BCUT2D eigenvalue weighted by Gasteiger charge is -2.22. The van der Waals surface area contributed by atoms with E-state index in [1.807, 2.05) is 31.0 Å². The maximum Gasteiger partial charge on any atom is 0.316 e. The van der Waals surface area contributed by atoms with Crippen LogP contribution in [0.3, 0.4) is 0 Å². The minimum absolute atomic E-state index is 0.00347. The second-order valence-corrected chi connectivity index (χ2v) is 16.0. The van der Waals surface area contributed by atoms with Gasteiger partial charge >= 0.3 is 17.9 Å². The first-order valence-electron chi connectivity index (χ1n) is 19.2. The lowest BCUT2D eigenvalue weighted by molar-refractivity contribution is -0.151. The van der Waals surface area contributed by atoms with E-state index in [4.69, 9.17) is 25.4 Å². The van der Waals surface area contributed by atoms with Crippen molar-refractivity contribution in [2.24, 2.45) is 41.2 Å². The van der Waals surface area contributed by atoms with E-state index >= 15 is 0 Å². The van der Waals surface area contributed by atoms with Gasteiger partial charge in [-0.05, 0) is 120 Å². The normalized spacial score (nSPS) is 17.6. The summed E-state index contributed by atoms with van der Waals surface area (Å²) in [5.74, 6) is 1.87. The van der Waals surface area contributed by atoms with Crippen molar-refractivity contribution in [3.05, 3.63) is 34.5 Å². The fourth-order valence-electron chi connectivity index (χ4n) is 4.99. The van der Waals surface area contributed by atoms with Gasteiger partial charge in [0.15, 0.2) is 10.9 Å². The molecule has 0 bridgehead atoms. The fourth-order valence-corrected chi connectivity index (χ4v) is 6.87. The smallest absolute Gasteiger partial charge is 0.316 e. The number of esters is 2. The molecular formula is C40H67NO9S3. The Labute approximate surface area is 332 Å². The molecule has 0 radical (unpaired) electrons. The number of hydrogen-bond acceptors (Lipinski definition) is 11. The number of allylic oxidation sites excluding steroid dienone is 2. The summed E-state index contributed by atoms with van der Waals surface area (Å²) in [6.45, 7) is 11.2. The molecule has 1 aliphatic heterocycles. The van der Waals surface area contributed by atoms with Gasteiger partial charge in [0.1, 0.15) is 5.92 Å². The van der Waals surface area contributed by atoms with Crippen molar-refractivity contribution >= 4 is 64.5 Å². The van der Waals surface area contributed by atoms with Crippen molar-refractivity contribution in [1.29, 1.82) is 0 Å². The van der Waals surface area contributed by atoms with Crippen LogP contribution in [0.5, 0.6) is 0 Å². The Hall–Kier alpha value is -2.19. The highest BCUT2D eigenvalue weighted by Crippen LogP contribution is 2.27. The minimum atomic E-state index is -0.704. The number of ether oxygens (including phenoxy) is 2. The number of hydrogen-bond donors (Lipinski definition) is 4. The molecule has 2 atom stereocenters. The van der Waals surface area contributed by atoms with Crippen molar-refractivity contribution in [3.8, 4) is 0 Å². The maximum absolute atomic E-state index is 11.6. The predicted molar refractivity (Wildman–Crippen MR) is 220 cm³/mol. The molecule has 0 amide bonds.